The van der Waals surface area contributed by atoms with Gasteiger partial charge in [0.05, 0.1) is 19.3 Å². The number of rotatable bonds is 6. The predicted molar refractivity (Wildman–Crippen MR) is 127 cm³/mol. The molecule has 1 unspecified atom stereocenters. The van der Waals surface area contributed by atoms with Crippen LogP contribution in [-0.4, -0.2) is 51.9 Å². The molecule has 3 aromatic rings. The van der Waals surface area contributed by atoms with Crippen LogP contribution in [0.15, 0.2) is 30.5 Å². The van der Waals surface area contributed by atoms with Crippen LogP contribution < -0.4 is 20.3 Å². The Labute approximate surface area is 189 Å². The number of methoxy groups -OCH3 is 1. The molecule has 2 saturated heterocycles. The standard InChI is InChI=1S/C24H33N7O/c1-16(2)20-15-26-31-21(20)28-22(30-13-10-24(30)8-11-25-12-9-24)29-23(31)27-17(3)18-6-5-7-19(14-18)32-4/h5-7,14-17,25H,8-13H2,1-4H3,(H,27,28,29). The molecule has 32 heavy (non-hydrogen) atoms. The fourth-order valence-electron chi connectivity index (χ4n) is 4.96. The Kier molecular flexibility index (Phi) is 5.41. The van der Waals surface area contributed by atoms with Crippen molar-refractivity contribution < 1.29 is 4.74 Å². The largest absolute Gasteiger partial charge is 0.497 e. The quantitative estimate of drug-likeness (QED) is 0.610. The van der Waals surface area contributed by atoms with Crippen molar-refractivity contribution in [1.29, 1.82) is 0 Å². The Hall–Kier alpha value is -2.87. The number of piperidine rings is 1. The second kappa shape index (κ2) is 8.24. The molecule has 0 saturated carbocycles. The van der Waals surface area contributed by atoms with Crippen molar-refractivity contribution in [2.75, 3.05) is 37.0 Å². The molecular formula is C24H33N7O. The molecule has 1 spiro atoms. The molecular weight excluding hydrogens is 402 g/mol. The molecule has 2 fully saturated rings. The van der Waals surface area contributed by atoms with Crippen LogP contribution in [0, 0.1) is 0 Å². The number of nitrogens with one attached hydrogen (secondary N) is 2. The highest BCUT2D eigenvalue weighted by molar-refractivity contribution is 5.58. The van der Waals surface area contributed by atoms with E-state index in [0.29, 0.717) is 5.92 Å². The Morgan fingerprint density at radius 3 is 2.62 bits per heavy atom. The van der Waals surface area contributed by atoms with Crippen LogP contribution in [-0.2, 0) is 0 Å². The molecule has 1 aromatic carbocycles. The smallest absolute Gasteiger partial charge is 0.231 e. The van der Waals surface area contributed by atoms with Crippen LogP contribution in [0.25, 0.3) is 5.65 Å². The molecule has 5 rings (SSSR count). The average molecular weight is 436 g/mol. The van der Waals surface area contributed by atoms with Crippen molar-refractivity contribution in [3.05, 3.63) is 41.6 Å². The zero-order valence-electron chi connectivity index (χ0n) is 19.4. The first-order valence-corrected chi connectivity index (χ1v) is 11.7. The topological polar surface area (TPSA) is 79.6 Å². The Balaban J connectivity index is 1.54. The first-order valence-electron chi connectivity index (χ1n) is 11.7. The zero-order valence-corrected chi connectivity index (χ0v) is 19.4. The summed E-state index contributed by atoms with van der Waals surface area (Å²) < 4.78 is 7.26. The summed E-state index contributed by atoms with van der Waals surface area (Å²) >= 11 is 0. The summed E-state index contributed by atoms with van der Waals surface area (Å²) in [6.07, 6.45) is 5.42. The van der Waals surface area contributed by atoms with Gasteiger partial charge < -0.3 is 20.3 Å². The third-order valence-electron chi connectivity index (χ3n) is 7.09. The average Bonchev–Trinajstić information content (AvgIpc) is 3.23. The molecule has 2 aliphatic rings. The van der Waals surface area contributed by atoms with E-state index in [1.54, 1.807) is 7.11 Å². The van der Waals surface area contributed by atoms with Gasteiger partial charge in [-0.15, -0.1) is 0 Å². The fraction of sp³-hybridized carbons (Fsp3) is 0.542. The van der Waals surface area contributed by atoms with Crippen LogP contribution >= 0.6 is 0 Å². The number of hydrogen-bond acceptors (Lipinski definition) is 7. The molecule has 2 aliphatic heterocycles. The highest BCUT2D eigenvalue weighted by Gasteiger charge is 2.46. The van der Waals surface area contributed by atoms with Gasteiger partial charge >= 0.3 is 0 Å². The maximum Gasteiger partial charge on any atom is 0.231 e. The van der Waals surface area contributed by atoms with Crippen molar-refractivity contribution in [2.24, 2.45) is 0 Å². The lowest BCUT2D eigenvalue weighted by Gasteiger charge is -2.55. The Bertz CT molecular complexity index is 1100. The summed E-state index contributed by atoms with van der Waals surface area (Å²) in [6, 6.07) is 8.16. The number of ether oxygens (including phenoxy) is 1. The summed E-state index contributed by atoms with van der Waals surface area (Å²) in [5.41, 5.74) is 3.36. The molecule has 4 heterocycles. The molecule has 0 bridgehead atoms. The summed E-state index contributed by atoms with van der Waals surface area (Å²) in [4.78, 5) is 12.5. The third-order valence-corrected chi connectivity index (χ3v) is 7.09. The van der Waals surface area contributed by atoms with E-state index in [1.165, 1.54) is 6.42 Å². The van der Waals surface area contributed by atoms with E-state index >= 15 is 0 Å². The summed E-state index contributed by atoms with van der Waals surface area (Å²) in [5, 5.41) is 11.7. The number of benzene rings is 1. The lowest BCUT2D eigenvalue weighted by molar-refractivity contribution is 0.202. The van der Waals surface area contributed by atoms with E-state index in [9.17, 15) is 0 Å². The van der Waals surface area contributed by atoms with E-state index in [2.05, 4.69) is 53.5 Å². The number of fused-ring (bicyclic) bond motifs is 1. The highest BCUT2D eigenvalue weighted by atomic mass is 16.5. The van der Waals surface area contributed by atoms with E-state index in [0.717, 1.165) is 66.9 Å². The lowest BCUT2D eigenvalue weighted by Crippen LogP contribution is -2.64. The van der Waals surface area contributed by atoms with Crippen LogP contribution in [0.2, 0.25) is 0 Å². The second-order valence-electron chi connectivity index (χ2n) is 9.36. The van der Waals surface area contributed by atoms with E-state index in [4.69, 9.17) is 14.7 Å². The van der Waals surface area contributed by atoms with Gasteiger partial charge in [0.15, 0.2) is 5.65 Å². The Morgan fingerprint density at radius 1 is 1.12 bits per heavy atom. The van der Waals surface area contributed by atoms with E-state index in [1.807, 2.05) is 22.8 Å². The van der Waals surface area contributed by atoms with Crippen molar-refractivity contribution in [3.8, 4) is 5.75 Å². The summed E-state index contributed by atoms with van der Waals surface area (Å²) in [7, 11) is 1.69. The summed E-state index contributed by atoms with van der Waals surface area (Å²) in [6.45, 7) is 9.62. The van der Waals surface area contributed by atoms with Gasteiger partial charge in [-0.1, -0.05) is 26.0 Å². The zero-order chi connectivity index (χ0) is 22.3. The van der Waals surface area contributed by atoms with Gasteiger partial charge in [-0.05, 0) is 62.9 Å². The Morgan fingerprint density at radius 2 is 1.94 bits per heavy atom. The fourth-order valence-corrected chi connectivity index (χ4v) is 4.96. The number of aromatic nitrogens is 4. The molecule has 2 aromatic heterocycles. The third kappa shape index (κ3) is 3.56. The molecule has 0 amide bonds. The van der Waals surface area contributed by atoms with Gasteiger partial charge in [-0.2, -0.15) is 19.6 Å². The molecule has 2 N–H and O–H groups in total. The van der Waals surface area contributed by atoms with Gasteiger partial charge in [0, 0.05) is 17.6 Å². The van der Waals surface area contributed by atoms with Gasteiger partial charge in [0.1, 0.15) is 5.75 Å². The van der Waals surface area contributed by atoms with Crippen molar-refractivity contribution >= 4 is 17.5 Å². The monoisotopic (exact) mass is 435 g/mol. The van der Waals surface area contributed by atoms with Crippen LogP contribution in [0.4, 0.5) is 11.9 Å². The number of anilines is 2. The number of nitrogens with zero attached hydrogens (tertiary/aromatic N) is 5. The van der Waals surface area contributed by atoms with Crippen LogP contribution in [0.3, 0.4) is 0 Å². The SMILES string of the molecule is COc1cccc(C(C)Nc2nc(N3CCC34CCNCC4)nc3c(C(C)C)cnn23)c1. The molecule has 0 aliphatic carbocycles. The minimum absolute atomic E-state index is 0.0342. The second-order valence-corrected chi connectivity index (χ2v) is 9.36. The van der Waals surface area contributed by atoms with Gasteiger partial charge in [0.2, 0.25) is 11.9 Å². The molecule has 8 nitrogen and oxygen atoms in total. The minimum atomic E-state index is 0.0342. The minimum Gasteiger partial charge on any atom is -0.497 e. The molecule has 0 radical (unpaired) electrons. The van der Waals surface area contributed by atoms with Crippen molar-refractivity contribution in [3.63, 3.8) is 0 Å². The summed E-state index contributed by atoms with van der Waals surface area (Å²) in [5.74, 6) is 2.72. The molecule has 1 atom stereocenters. The normalized spacial score (nSPS) is 18.7. The first kappa shape index (κ1) is 21.0. The highest BCUT2D eigenvalue weighted by Crippen LogP contribution is 2.41. The predicted octanol–water partition coefficient (Wildman–Crippen LogP) is 3.76. The molecule has 8 heteroatoms. The lowest BCUT2D eigenvalue weighted by atomic mass is 9.77. The first-order chi connectivity index (χ1) is 15.5. The van der Waals surface area contributed by atoms with Gasteiger partial charge in [-0.3, -0.25) is 0 Å². The van der Waals surface area contributed by atoms with Crippen molar-refractivity contribution in [2.45, 2.75) is 57.5 Å². The molecule has 170 valence electrons. The number of hydrogen-bond donors (Lipinski definition) is 2. The van der Waals surface area contributed by atoms with Crippen LogP contribution in [0.5, 0.6) is 5.75 Å². The maximum absolute atomic E-state index is 5.41. The van der Waals surface area contributed by atoms with E-state index < -0.39 is 0 Å². The van der Waals surface area contributed by atoms with Gasteiger partial charge in [0.25, 0.3) is 0 Å². The van der Waals surface area contributed by atoms with Gasteiger partial charge in [-0.25, -0.2) is 0 Å². The van der Waals surface area contributed by atoms with E-state index in [-0.39, 0.29) is 11.6 Å². The maximum atomic E-state index is 5.41. The van der Waals surface area contributed by atoms with Crippen molar-refractivity contribution in [1.82, 2.24) is 24.9 Å². The van der Waals surface area contributed by atoms with Crippen LogP contribution in [0.1, 0.15) is 63.1 Å².